The van der Waals surface area contributed by atoms with Crippen molar-refractivity contribution < 1.29 is 9.53 Å². The van der Waals surface area contributed by atoms with Crippen molar-refractivity contribution in [1.82, 2.24) is 9.97 Å². The van der Waals surface area contributed by atoms with Crippen molar-refractivity contribution in [2.45, 2.75) is 0 Å². The lowest BCUT2D eigenvalue weighted by Crippen LogP contribution is -1.85. The smallest absolute Gasteiger partial charge is 0.298 e. The highest BCUT2D eigenvalue weighted by Gasteiger charge is 2.02. The number of nitrogens with one attached hydrogen (secondary N) is 1. The van der Waals surface area contributed by atoms with Gasteiger partial charge in [-0.1, -0.05) is 0 Å². The molecule has 0 aromatic carbocycles. The summed E-state index contributed by atoms with van der Waals surface area (Å²) in [5.74, 6) is 0.508. The van der Waals surface area contributed by atoms with E-state index in [0.717, 1.165) is 5.39 Å². The van der Waals surface area contributed by atoms with Crippen molar-refractivity contribution in [3.8, 4) is 5.75 Å². The standard InChI is InChI=1S/C8H6N2O2/c11-5-12-7-4-10-8-6(7)2-1-3-9-8/h1-5H,(H,9,10). The first-order chi connectivity index (χ1) is 5.92. The molecule has 0 amide bonds. The SMILES string of the molecule is O=COc1c[nH]c2ncccc12. The molecule has 2 aromatic heterocycles. The normalized spacial score (nSPS) is 10.0. The van der Waals surface area contributed by atoms with E-state index in [1.165, 1.54) is 0 Å². The fraction of sp³-hybridized carbons (Fsp3) is 0. The molecule has 0 fully saturated rings. The van der Waals surface area contributed by atoms with E-state index in [4.69, 9.17) is 4.74 Å². The van der Waals surface area contributed by atoms with Gasteiger partial charge in [0, 0.05) is 12.4 Å². The van der Waals surface area contributed by atoms with Gasteiger partial charge >= 0.3 is 0 Å². The van der Waals surface area contributed by atoms with Gasteiger partial charge < -0.3 is 9.72 Å². The lowest BCUT2D eigenvalue weighted by atomic mass is 10.3. The molecule has 4 heteroatoms. The zero-order chi connectivity index (χ0) is 8.39. The summed E-state index contributed by atoms with van der Waals surface area (Å²) in [6.45, 7) is 0.398. The van der Waals surface area contributed by atoms with Gasteiger partial charge in [0.2, 0.25) is 0 Å². The number of H-pyrrole nitrogens is 1. The van der Waals surface area contributed by atoms with E-state index in [9.17, 15) is 4.79 Å². The van der Waals surface area contributed by atoms with Crippen LogP contribution in [-0.2, 0) is 4.79 Å². The second-order valence-electron chi connectivity index (χ2n) is 2.27. The summed E-state index contributed by atoms with van der Waals surface area (Å²) in [6, 6.07) is 3.62. The fourth-order valence-corrected chi connectivity index (χ4v) is 1.08. The minimum Gasteiger partial charge on any atom is -0.426 e. The highest BCUT2D eigenvalue weighted by molar-refractivity contribution is 5.83. The summed E-state index contributed by atoms with van der Waals surface area (Å²) in [5, 5.41) is 0.810. The Hall–Kier alpha value is -1.84. The number of rotatable bonds is 2. The largest absolute Gasteiger partial charge is 0.426 e. The number of hydrogen-bond acceptors (Lipinski definition) is 3. The first-order valence-corrected chi connectivity index (χ1v) is 3.44. The topological polar surface area (TPSA) is 55.0 Å². The number of carbonyl (C=O) groups is 1. The second kappa shape index (κ2) is 2.65. The van der Waals surface area contributed by atoms with Crippen LogP contribution in [0.25, 0.3) is 11.0 Å². The van der Waals surface area contributed by atoms with Gasteiger partial charge in [-0.2, -0.15) is 0 Å². The Morgan fingerprint density at radius 3 is 3.33 bits per heavy atom. The van der Waals surface area contributed by atoms with Crippen molar-refractivity contribution in [1.29, 1.82) is 0 Å². The summed E-state index contributed by atoms with van der Waals surface area (Å²) in [5.41, 5.74) is 0.717. The van der Waals surface area contributed by atoms with Gasteiger partial charge in [0.25, 0.3) is 6.47 Å². The quantitative estimate of drug-likeness (QED) is 0.672. The molecule has 0 aliphatic rings. The first-order valence-electron chi connectivity index (χ1n) is 3.44. The lowest BCUT2D eigenvalue weighted by molar-refractivity contribution is -0.120. The molecule has 60 valence electrons. The molecule has 0 bridgehead atoms. The summed E-state index contributed by atoms with van der Waals surface area (Å²) >= 11 is 0. The van der Waals surface area contributed by atoms with Crippen LogP contribution in [0.15, 0.2) is 24.5 Å². The maximum absolute atomic E-state index is 10.1. The number of fused-ring (bicyclic) bond motifs is 1. The van der Waals surface area contributed by atoms with Gasteiger partial charge in [0.1, 0.15) is 5.65 Å². The molecule has 4 nitrogen and oxygen atoms in total. The molecule has 0 aliphatic carbocycles. The van der Waals surface area contributed by atoms with Gasteiger partial charge in [-0.15, -0.1) is 0 Å². The average Bonchev–Trinajstić information content (AvgIpc) is 2.50. The molecule has 12 heavy (non-hydrogen) atoms. The maximum atomic E-state index is 10.1. The first kappa shape index (κ1) is 6.84. The van der Waals surface area contributed by atoms with Crippen molar-refractivity contribution >= 4 is 17.5 Å². The van der Waals surface area contributed by atoms with Gasteiger partial charge in [-0.3, -0.25) is 4.79 Å². The summed E-state index contributed by atoms with van der Waals surface area (Å²) in [6.07, 6.45) is 3.27. The highest BCUT2D eigenvalue weighted by atomic mass is 16.5. The minimum absolute atomic E-state index is 0.398. The average molecular weight is 162 g/mol. The number of pyridine rings is 1. The van der Waals surface area contributed by atoms with Crippen LogP contribution < -0.4 is 4.74 Å². The molecule has 0 radical (unpaired) electrons. The molecule has 0 aliphatic heterocycles. The molecule has 0 spiro atoms. The van der Waals surface area contributed by atoms with E-state index >= 15 is 0 Å². The highest BCUT2D eigenvalue weighted by Crippen LogP contribution is 2.22. The van der Waals surface area contributed by atoms with Crippen LogP contribution in [-0.4, -0.2) is 16.4 Å². The Labute approximate surface area is 68.2 Å². The Bertz CT molecular complexity index is 408. The zero-order valence-corrected chi connectivity index (χ0v) is 6.15. The summed E-state index contributed by atoms with van der Waals surface area (Å²) in [7, 11) is 0. The Morgan fingerprint density at radius 1 is 1.58 bits per heavy atom. The monoisotopic (exact) mass is 162 g/mol. The lowest BCUT2D eigenvalue weighted by Gasteiger charge is -1.91. The zero-order valence-electron chi connectivity index (χ0n) is 6.15. The predicted octanol–water partition coefficient (Wildman–Crippen LogP) is 1.10. The van der Waals surface area contributed by atoms with Crippen LogP contribution >= 0.6 is 0 Å². The Morgan fingerprint density at radius 2 is 2.50 bits per heavy atom. The molecule has 2 heterocycles. The second-order valence-corrected chi connectivity index (χ2v) is 2.27. The van der Waals surface area contributed by atoms with Crippen molar-refractivity contribution in [3.63, 3.8) is 0 Å². The number of aromatic amines is 1. The number of ether oxygens (including phenoxy) is 1. The molecule has 2 rings (SSSR count). The van der Waals surface area contributed by atoms with E-state index in [1.807, 2.05) is 6.07 Å². The number of carbonyl (C=O) groups excluding carboxylic acids is 1. The fourth-order valence-electron chi connectivity index (χ4n) is 1.08. The van der Waals surface area contributed by atoms with Crippen LogP contribution in [0.4, 0.5) is 0 Å². The van der Waals surface area contributed by atoms with Crippen LogP contribution in [0.1, 0.15) is 0 Å². The van der Waals surface area contributed by atoms with E-state index < -0.39 is 0 Å². The molecular weight excluding hydrogens is 156 g/mol. The Kier molecular flexibility index (Phi) is 1.51. The van der Waals surface area contributed by atoms with E-state index in [0.29, 0.717) is 17.9 Å². The minimum atomic E-state index is 0.398. The molecular formula is C8H6N2O2. The van der Waals surface area contributed by atoms with Crippen LogP contribution in [0.5, 0.6) is 5.75 Å². The van der Waals surface area contributed by atoms with Crippen LogP contribution in [0, 0.1) is 0 Å². The summed E-state index contributed by atoms with van der Waals surface area (Å²) < 4.78 is 4.71. The van der Waals surface area contributed by atoms with Crippen molar-refractivity contribution in [3.05, 3.63) is 24.5 Å². The third-order valence-corrected chi connectivity index (χ3v) is 1.59. The van der Waals surface area contributed by atoms with Crippen molar-refractivity contribution in [2.75, 3.05) is 0 Å². The van der Waals surface area contributed by atoms with E-state index in [-0.39, 0.29) is 0 Å². The molecule has 0 unspecified atom stereocenters. The maximum Gasteiger partial charge on any atom is 0.298 e. The number of nitrogens with zero attached hydrogens (tertiary/aromatic N) is 1. The van der Waals surface area contributed by atoms with Crippen LogP contribution in [0.2, 0.25) is 0 Å². The molecule has 0 atom stereocenters. The molecule has 2 aromatic rings. The third kappa shape index (κ3) is 0.934. The van der Waals surface area contributed by atoms with E-state index in [2.05, 4.69) is 9.97 Å². The van der Waals surface area contributed by atoms with Gasteiger partial charge in [0.05, 0.1) is 5.39 Å². The van der Waals surface area contributed by atoms with Gasteiger partial charge in [-0.25, -0.2) is 4.98 Å². The molecule has 1 N–H and O–H groups in total. The van der Waals surface area contributed by atoms with Crippen molar-refractivity contribution in [2.24, 2.45) is 0 Å². The van der Waals surface area contributed by atoms with Gasteiger partial charge in [-0.05, 0) is 12.1 Å². The van der Waals surface area contributed by atoms with E-state index in [1.54, 1.807) is 18.5 Å². The van der Waals surface area contributed by atoms with Crippen LogP contribution in [0.3, 0.4) is 0 Å². The predicted molar refractivity (Wildman–Crippen MR) is 42.8 cm³/mol. The van der Waals surface area contributed by atoms with Gasteiger partial charge in [0.15, 0.2) is 5.75 Å². The molecule has 0 saturated heterocycles. The summed E-state index contributed by atoms with van der Waals surface area (Å²) in [4.78, 5) is 17.0. The Balaban J connectivity index is 2.62. The molecule has 0 saturated carbocycles. The number of hydrogen-bond donors (Lipinski definition) is 1. The number of aromatic nitrogens is 2. The third-order valence-electron chi connectivity index (χ3n) is 1.59.